The average molecular weight is 433 g/mol. The average Bonchev–Trinajstić information content (AvgIpc) is 3.42. The summed E-state index contributed by atoms with van der Waals surface area (Å²) in [6.07, 6.45) is 7.15. The molecule has 0 heterocycles. The Balaban J connectivity index is 1.94. The lowest BCUT2D eigenvalue weighted by Gasteiger charge is -2.24. The molecule has 0 radical (unpaired) electrons. The number of sulfonamides is 2. The van der Waals surface area contributed by atoms with Crippen molar-refractivity contribution in [3.05, 3.63) is 24.8 Å². The molecule has 0 bridgehead atoms. The second kappa shape index (κ2) is 8.98. The number of hydrogen-bond donors (Lipinski definition) is 2. The second-order valence-electron chi connectivity index (χ2n) is 9.11. The molecule has 0 aliphatic heterocycles. The van der Waals surface area contributed by atoms with Gasteiger partial charge in [0.15, 0.2) is 0 Å². The molecule has 162 valence electrons. The van der Waals surface area contributed by atoms with Gasteiger partial charge < -0.3 is 0 Å². The highest BCUT2D eigenvalue weighted by Gasteiger charge is 2.44. The van der Waals surface area contributed by atoms with E-state index < -0.39 is 30.5 Å². The zero-order valence-corrected chi connectivity index (χ0v) is 18.7. The van der Waals surface area contributed by atoms with Crippen LogP contribution >= 0.6 is 0 Å². The van der Waals surface area contributed by atoms with Gasteiger partial charge in [0.25, 0.3) is 0 Å². The van der Waals surface area contributed by atoms with E-state index in [1.165, 1.54) is 0 Å². The Bertz CT molecular complexity index is 787. The lowest BCUT2D eigenvalue weighted by Crippen LogP contribution is -2.35. The predicted molar refractivity (Wildman–Crippen MR) is 114 cm³/mol. The van der Waals surface area contributed by atoms with Crippen LogP contribution < -0.4 is 10.3 Å². The predicted octanol–water partition coefficient (Wildman–Crippen LogP) is 2.92. The largest absolute Gasteiger partial charge is 0.228 e. The highest BCUT2D eigenvalue weighted by Crippen LogP contribution is 2.50. The van der Waals surface area contributed by atoms with Crippen LogP contribution in [-0.4, -0.2) is 27.3 Å². The van der Waals surface area contributed by atoms with Crippen LogP contribution in [0.25, 0.3) is 0 Å². The second-order valence-corrected chi connectivity index (χ2v) is 12.7. The maximum absolute atomic E-state index is 12.0. The maximum Gasteiger partial charge on any atom is 0.212 e. The van der Waals surface area contributed by atoms with Gasteiger partial charge in [-0.05, 0) is 61.7 Å². The van der Waals surface area contributed by atoms with E-state index in [1.54, 1.807) is 6.08 Å². The van der Waals surface area contributed by atoms with Gasteiger partial charge in [-0.15, -0.1) is 6.58 Å². The van der Waals surface area contributed by atoms with Crippen LogP contribution in [0.3, 0.4) is 0 Å². The molecular weight excluding hydrogens is 396 g/mol. The molecule has 2 unspecified atom stereocenters. The Kier molecular flexibility index (Phi) is 7.56. The van der Waals surface area contributed by atoms with Crippen molar-refractivity contribution in [1.29, 1.82) is 0 Å². The molecule has 2 aliphatic carbocycles. The highest BCUT2D eigenvalue weighted by molar-refractivity contribution is 7.90. The Morgan fingerprint density at radius 1 is 1.04 bits per heavy atom. The summed E-state index contributed by atoms with van der Waals surface area (Å²) in [5.41, 5.74) is 1.01. The van der Waals surface area contributed by atoms with Gasteiger partial charge in [0.2, 0.25) is 20.0 Å². The molecule has 28 heavy (non-hydrogen) atoms. The highest BCUT2D eigenvalue weighted by atomic mass is 32.2. The minimum absolute atomic E-state index is 0.0776. The molecule has 8 heteroatoms. The molecule has 0 saturated heterocycles. The number of allylic oxidation sites excluding steroid dienone is 2. The lowest BCUT2D eigenvalue weighted by molar-refractivity contribution is 0.449. The van der Waals surface area contributed by atoms with Crippen molar-refractivity contribution in [1.82, 2.24) is 0 Å². The van der Waals surface area contributed by atoms with E-state index in [2.05, 4.69) is 13.2 Å². The van der Waals surface area contributed by atoms with E-state index >= 15 is 0 Å². The molecular formula is C20H36N2O4S2. The first kappa shape index (κ1) is 23.6. The summed E-state index contributed by atoms with van der Waals surface area (Å²) >= 11 is 0. The molecule has 2 aliphatic rings. The molecule has 0 spiro atoms. The molecule has 0 aromatic carbocycles. The van der Waals surface area contributed by atoms with E-state index in [9.17, 15) is 16.8 Å². The molecule has 2 saturated carbocycles. The van der Waals surface area contributed by atoms with Crippen LogP contribution in [0.4, 0.5) is 0 Å². The number of nitrogens with two attached hydrogens (primary N) is 2. The van der Waals surface area contributed by atoms with Gasteiger partial charge in [-0.3, -0.25) is 0 Å². The number of primary sulfonamides is 2. The summed E-state index contributed by atoms with van der Waals surface area (Å²) in [7, 11) is -7.21. The van der Waals surface area contributed by atoms with Crippen molar-refractivity contribution < 1.29 is 16.8 Å². The van der Waals surface area contributed by atoms with Gasteiger partial charge in [0.05, 0.1) is 10.5 Å². The standard InChI is InChI=1S/C20H36N2O4S2/c1-5-6-13(2)20(28(22,25)26)12-17-11-18(17)14(3)9-15(4)19(27(21,23)24)10-16-7-8-16/h5,13,15-20H,1,3,6-12H2,2,4H3,(H2,21,23,24)(H2,22,25,26)/t13-,15+,17?,18?,19-,20-/m0/s1. The topological polar surface area (TPSA) is 120 Å². The van der Waals surface area contributed by atoms with Crippen molar-refractivity contribution in [2.24, 2.45) is 39.9 Å². The Hall–Kier alpha value is -0.700. The minimum atomic E-state index is -3.63. The zero-order chi connectivity index (χ0) is 21.3. The maximum atomic E-state index is 12.0. The quantitative estimate of drug-likeness (QED) is 0.435. The van der Waals surface area contributed by atoms with Crippen LogP contribution in [0, 0.1) is 29.6 Å². The van der Waals surface area contributed by atoms with Crippen molar-refractivity contribution >= 4 is 20.0 Å². The molecule has 2 fully saturated rings. The Morgan fingerprint density at radius 2 is 1.57 bits per heavy atom. The lowest BCUT2D eigenvalue weighted by atomic mass is 9.92. The van der Waals surface area contributed by atoms with Crippen LogP contribution in [-0.2, 0) is 20.0 Å². The third kappa shape index (κ3) is 6.68. The Labute approximate surface area is 170 Å². The van der Waals surface area contributed by atoms with Gasteiger partial charge in [0, 0.05) is 0 Å². The van der Waals surface area contributed by atoms with Gasteiger partial charge in [-0.2, -0.15) is 0 Å². The molecule has 0 aromatic heterocycles. The molecule has 0 amide bonds. The fourth-order valence-electron chi connectivity index (χ4n) is 4.48. The fraction of sp³-hybridized carbons (Fsp3) is 0.800. The first-order valence-electron chi connectivity index (χ1n) is 10.2. The van der Waals surface area contributed by atoms with Crippen LogP contribution in [0.2, 0.25) is 0 Å². The summed E-state index contributed by atoms with van der Waals surface area (Å²) < 4.78 is 48.1. The van der Waals surface area contributed by atoms with Crippen molar-refractivity contribution in [3.8, 4) is 0 Å². The fourth-order valence-corrected chi connectivity index (χ4v) is 7.04. The third-order valence-electron chi connectivity index (χ3n) is 6.48. The van der Waals surface area contributed by atoms with Gasteiger partial charge in [0.1, 0.15) is 0 Å². The summed E-state index contributed by atoms with van der Waals surface area (Å²) in [5.74, 6) is 0.801. The van der Waals surface area contributed by atoms with Gasteiger partial charge in [-0.1, -0.05) is 44.9 Å². The summed E-state index contributed by atoms with van der Waals surface area (Å²) in [5, 5.41) is 9.83. The number of rotatable bonds is 13. The first-order valence-corrected chi connectivity index (χ1v) is 13.4. The van der Waals surface area contributed by atoms with E-state index in [0.29, 0.717) is 31.6 Å². The van der Waals surface area contributed by atoms with E-state index in [1.807, 2.05) is 13.8 Å². The first-order chi connectivity index (χ1) is 12.8. The summed E-state index contributed by atoms with van der Waals surface area (Å²) in [4.78, 5) is 0. The smallest absolute Gasteiger partial charge is 0.212 e. The SMILES string of the molecule is C=CC[C@H](C)[C@H](CC1CC1C(=C)C[C@@H](C)[C@H](CC1CC1)S(N)(=O)=O)S(N)(=O)=O. The van der Waals surface area contributed by atoms with Crippen molar-refractivity contribution in [2.75, 3.05) is 0 Å². The zero-order valence-electron chi connectivity index (χ0n) is 17.1. The van der Waals surface area contributed by atoms with Crippen molar-refractivity contribution in [3.63, 3.8) is 0 Å². The number of hydrogen-bond acceptors (Lipinski definition) is 4. The van der Waals surface area contributed by atoms with Gasteiger partial charge >= 0.3 is 0 Å². The van der Waals surface area contributed by atoms with Crippen LogP contribution in [0.1, 0.15) is 58.8 Å². The summed E-state index contributed by atoms with van der Waals surface area (Å²) in [6, 6.07) is 0. The molecule has 0 aromatic rings. The molecule has 6 atom stereocenters. The van der Waals surface area contributed by atoms with Crippen LogP contribution in [0.15, 0.2) is 24.8 Å². The van der Waals surface area contributed by atoms with E-state index in [4.69, 9.17) is 10.3 Å². The third-order valence-corrected chi connectivity index (χ3v) is 9.48. The van der Waals surface area contributed by atoms with E-state index in [-0.39, 0.29) is 23.7 Å². The molecule has 6 nitrogen and oxygen atoms in total. The normalized spacial score (nSPS) is 26.9. The summed E-state index contributed by atoms with van der Waals surface area (Å²) in [6.45, 7) is 11.7. The molecule has 4 N–H and O–H groups in total. The Morgan fingerprint density at radius 3 is 2.04 bits per heavy atom. The van der Waals surface area contributed by atoms with Crippen molar-refractivity contribution in [2.45, 2.75) is 69.3 Å². The monoisotopic (exact) mass is 432 g/mol. The minimum Gasteiger partial charge on any atom is -0.228 e. The van der Waals surface area contributed by atoms with E-state index in [0.717, 1.165) is 24.8 Å². The molecule has 2 rings (SSSR count). The van der Waals surface area contributed by atoms with Crippen LogP contribution in [0.5, 0.6) is 0 Å². The van der Waals surface area contributed by atoms with Gasteiger partial charge in [-0.25, -0.2) is 27.1 Å².